The van der Waals surface area contributed by atoms with Crippen LogP contribution >= 0.6 is 23.2 Å². The summed E-state index contributed by atoms with van der Waals surface area (Å²) in [7, 11) is 0. The molecule has 0 atom stereocenters. The van der Waals surface area contributed by atoms with Crippen LogP contribution in [0.15, 0.2) is 42.6 Å². The third kappa shape index (κ3) is 5.83. The molecule has 158 valence electrons. The van der Waals surface area contributed by atoms with Crippen LogP contribution in [-0.4, -0.2) is 27.2 Å². The van der Waals surface area contributed by atoms with Crippen molar-refractivity contribution in [1.29, 1.82) is 0 Å². The van der Waals surface area contributed by atoms with E-state index in [9.17, 15) is 4.79 Å². The van der Waals surface area contributed by atoms with Gasteiger partial charge in [0.1, 0.15) is 0 Å². The fourth-order valence-electron chi connectivity index (χ4n) is 3.61. The van der Waals surface area contributed by atoms with Gasteiger partial charge in [-0.25, -0.2) is 0 Å². The molecule has 30 heavy (non-hydrogen) atoms. The highest BCUT2D eigenvalue weighted by Crippen LogP contribution is 2.25. The minimum Gasteiger partial charge on any atom is -0.354 e. The van der Waals surface area contributed by atoms with Gasteiger partial charge in [0, 0.05) is 46.2 Å². The first-order valence-electron chi connectivity index (χ1n) is 10.2. The van der Waals surface area contributed by atoms with E-state index < -0.39 is 0 Å². The van der Waals surface area contributed by atoms with Gasteiger partial charge in [0.2, 0.25) is 5.91 Å². The molecule has 3 rings (SSSR count). The molecule has 5 nitrogen and oxygen atoms in total. The monoisotopic (exact) mass is 444 g/mol. The predicted molar refractivity (Wildman–Crippen MR) is 121 cm³/mol. The van der Waals surface area contributed by atoms with Crippen LogP contribution in [0, 0.1) is 0 Å². The topological polar surface area (TPSA) is 59.8 Å². The zero-order chi connectivity index (χ0) is 21.5. The van der Waals surface area contributed by atoms with Crippen molar-refractivity contribution in [3.8, 4) is 0 Å². The van der Waals surface area contributed by atoms with Gasteiger partial charge in [-0.1, -0.05) is 43.1 Å². The van der Waals surface area contributed by atoms with E-state index in [0.29, 0.717) is 23.1 Å². The molecular formula is C23H26Cl2N4O. The highest BCUT2D eigenvalue weighted by Gasteiger charge is 2.16. The summed E-state index contributed by atoms with van der Waals surface area (Å²) >= 11 is 12.4. The van der Waals surface area contributed by atoms with Crippen molar-refractivity contribution in [2.75, 3.05) is 6.54 Å². The Morgan fingerprint density at radius 2 is 1.87 bits per heavy atom. The predicted octanol–water partition coefficient (Wildman–Crippen LogP) is 4.66. The first-order chi connectivity index (χ1) is 14.5. The Kier molecular flexibility index (Phi) is 7.88. The number of aromatic nitrogens is 3. The molecule has 2 heterocycles. The number of rotatable bonds is 9. The second-order valence-corrected chi connectivity index (χ2v) is 7.98. The summed E-state index contributed by atoms with van der Waals surface area (Å²) in [6, 6.07) is 11.2. The molecule has 7 heteroatoms. The van der Waals surface area contributed by atoms with Crippen LogP contribution in [0.25, 0.3) is 0 Å². The molecule has 0 fully saturated rings. The first kappa shape index (κ1) is 22.3. The van der Waals surface area contributed by atoms with Crippen LogP contribution in [0.5, 0.6) is 0 Å². The van der Waals surface area contributed by atoms with Gasteiger partial charge in [-0.05, 0) is 48.7 Å². The van der Waals surface area contributed by atoms with Gasteiger partial charge in [-0.3, -0.25) is 14.5 Å². The molecule has 1 amide bonds. The number of carbonyl (C=O) groups is 1. The van der Waals surface area contributed by atoms with Crippen molar-refractivity contribution in [2.24, 2.45) is 0 Å². The fraction of sp³-hybridized carbons (Fsp3) is 0.348. The van der Waals surface area contributed by atoms with Crippen LogP contribution in [0.4, 0.5) is 0 Å². The summed E-state index contributed by atoms with van der Waals surface area (Å²) in [6.45, 7) is 5.38. The Hall–Kier alpha value is -2.37. The van der Waals surface area contributed by atoms with Gasteiger partial charge in [0.05, 0.1) is 18.7 Å². The molecule has 3 aromatic rings. The number of benzene rings is 1. The number of pyridine rings is 1. The zero-order valence-electron chi connectivity index (χ0n) is 17.3. The highest BCUT2D eigenvalue weighted by atomic mass is 35.5. The van der Waals surface area contributed by atoms with Gasteiger partial charge in [-0.2, -0.15) is 5.10 Å². The lowest BCUT2D eigenvalue weighted by molar-refractivity contribution is -0.120. The summed E-state index contributed by atoms with van der Waals surface area (Å²) in [5, 5.41) is 9.05. The van der Waals surface area contributed by atoms with E-state index in [-0.39, 0.29) is 12.3 Å². The quantitative estimate of drug-likeness (QED) is 0.521. The van der Waals surface area contributed by atoms with Crippen molar-refractivity contribution in [1.82, 2.24) is 20.1 Å². The van der Waals surface area contributed by atoms with Crippen molar-refractivity contribution >= 4 is 29.1 Å². The van der Waals surface area contributed by atoms with Crippen LogP contribution in [0.3, 0.4) is 0 Å². The summed E-state index contributed by atoms with van der Waals surface area (Å²) in [5.41, 5.74) is 5.31. The smallest absolute Gasteiger partial charge is 0.226 e. The molecule has 0 saturated carbocycles. The first-order valence-corrected chi connectivity index (χ1v) is 10.9. The maximum absolute atomic E-state index is 12.2. The van der Waals surface area contributed by atoms with Crippen LogP contribution in [0.1, 0.15) is 42.1 Å². The van der Waals surface area contributed by atoms with E-state index in [2.05, 4.69) is 24.1 Å². The van der Waals surface area contributed by atoms with Gasteiger partial charge >= 0.3 is 0 Å². The molecule has 1 N–H and O–H groups in total. The molecule has 0 unspecified atom stereocenters. The average molecular weight is 445 g/mol. The lowest BCUT2D eigenvalue weighted by Gasteiger charge is -2.10. The number of carbonyl (C=O) groups excluding carboxylic acids is 1. The van der Waals surface area contributed by atoms with E-state index in [4.69, 9.17) is 28.3 Å². The molecular weight excluding hydrogens is 419 g/mol. The number of nitrogens with one attached hydrogen (secondary N) is 1. The Bertz CT molecular complexity index is 982. The molecule has 0 saturated heterocycles. The van der Waals surface area contributed by atoms with Crippen LogP contribution in [-0.2, 0) is 37.0 Å². The molecule has 0 bridgehead atoms. The molecule has 1 aromatic carbocycles. The number of hydrogen-bond donors (Lipinski definition) is 1. The number of nitrogens with zero attached hydrogens (tertiary/aromatic N) is 3. The number of amides is 1. The van der Waals surface area contributed by atoms with Gasteiger partial charge < -0.3 is 5.32 Å². The van der Waals surface area contributed by atoms with Crippen molar-refractivity contribution in [3.63, 3.8) is 0 Å². The van der Waals surface area contributed by atoms with E-state index >= 15 is 0 Å². The van der Waals surface area contributed by atoms with E-state index in [1.807, 2.05) is 35.0 Å². The van der Waals surface area contributed by atoms with Gasteiger partial charge in [0.15, 0.2) is 0 Å². The molecule has 0 spiro atoms. The Morgan fingerprint density at radius 1 is 1.10 bits per heavy atom. The average Bonchev–Trinajstić information content (AvgIpc) is 3.04. The number of halogens is 2. The van der Waals surface area contributed by atoms with E-state index in [0.717, 1.165) is 36.2 Å². The summed E-state index contributed by atoms with van der Waals surface area (Å²) in [5.74, 6) is -0.0385. The minimum absolute atomic E-state index is 0.0385. The zero-order valence-corrected chi connectivity index (χ0v) is 18.8. The SMILES string of the molecule is CCc1nn(CCNC(=O)Cc2ccccn2)c(CC)c1Cc1cc(Cl)cc(Cl)c1. The second-order valence-electron chi connectivity index (χ2n) is 7.10. The Balaban J connectivity index is 1.68. The minimum atomic E-state index is -0.0385. The molecule has 0 aliphatic heterocycles. The van der Waals surface area contributed by atoms with Gasteiger partial charge in [-0.15, -0.1) is 0 Å². The third-order valence-corrected chi connectivity index (χ3v) is 5.37. The molecule has 0 aliphatic carbocycles. The third-order valence-electron chi connectivity index (χ3n) is 4.94. The van der Waals surface area contributed by atoms with Crippen molar-refractivity contribution < 1.29 is 4.79 Å². The van der Waals surface area contributed by atoms with Crippen molar-refractivity contribution in [3.05, 3.63) is 80.8 Å². The Morgan fingerprint density at radius 3 is 2.50 bits per heavy atom. The maximum atomic E-state index is 12.2. The van der Waals surface area contributed by atoms with Gasteiger partial charge in [0.25, 0.3) is 0 Å². The van der Waals surface area contributed by atoms with E-state index in [1.54, 1.807) is 12.3 Å². The van der Waals surface area contributed by atoms with Crippen LogP contribution in [0.2, 0.25) is 10.0 Å². The summed E-state index contributed by atoms with van der Waals surface area (Å²) in [4.78, 5) is 16.4. The fourth-order valence-corrected chi connectivity index (χ4v) is 4.18. The number of hydrogen-bond acceptors (Lipinski definition) is 3. The van der Waals surface area contributed by atoms with Crippen molar-refractivity contribution in [2.45, 2.75) is 46.1 Å². The second kappa shape index (κ2) is 10.6. The molecule has 0 radical (unpaired) electrons. The van der Waals surface area contributed by atoms with E-state index in [1.165, 1.54) is 11.3 Å². The van der Waals surface area contributed by atoms with Crippen LogP contribution < -0.4 is 5.32 Å². The largest absolute Gasteiger partial charge is 0.354 e. The lowest BCUT2D eigenvalue weighted by atomic mass is 10.0. The Labute approximate surface area is 187 Å². The standard InChI is InChI=1S/C23H26Cl2N4O/c1-3-21-20(13-16-11-17(24)14-18(25)12-16)22(4-2)29(28-21)10-9-27-23(30)15-19-7-5-6-8-26-19/h5-8,11-12,14H,3-4,9-10,13,15H2,1-2H3,(H,27,30). The normalized spacial score (nSPS) is 10.9. The highest BCUT2D eigenvalue weighted by molar-refractivity contribution is 6.34. The lowest BCUT2D eigenvalue weighted by Crippen LogP contribution is -2.29. The summed E-state index contributed by atoms with van der Waals surface area (Å²) in [6.07, 6.45) is 4.41. The molecule has 2 aromatic heterocycles. The molecule has 0 aliphatic rings. The number of aryl methyl sites for hydroxylation is 1. The summed E-state index contributed by atoms with van der Waals surface area (Å²) < 4.78 is 2.02. The maximum Gasteiger partial charge on any atom is 0.226 e.